The van der Waals surface area contributed by atoms with Gasteiger partial charge in [0.15, 0.2) is 0 Å². The molecule has 2 rings (SSSR count). The van der Waals surface area contributed by atoms with Crippen LogP contribution in [0.4, 0.5) is 0 Å². The maximum Gasteiger partial charge on any atom is 0.373 e. The molecule has 0 aliphatic carbocycles. The maximum atomic E-state index is 10.6. The van der Waals surface area contributed by atoms with Crippen LogP contribution in [0.15, 0.2) is 28.9 Å². The van der Waals surface area contributed by atoms with Crippen molar-refractivity contribution in [1.82, 2.24) is 9.97 Å². The molecule has 7 nitrogen and oxygen atoms in total. The second-order valence-corrected chi connectivity index (χ2v) is 3.07. The zero-order chi connectivity index (χ0) is 12.4. The molecular formula is C10H6N2O5. The molecule has 2 aromatic heterocycles. The van der Waals surface area contributed by atoms with Gasteiger partial charge in [-0.25, -0.2) is 14.6 Å². The first-order valence-electron chi connectivity index (χ1n) is 4.47. The van der Waals surface area contributed by atoms with E-state index in [1.54, 1.807) is 0 Å². The van der Waals surface area contributed by atoms with Crippen molar-refractivity contribution in [2.75, 3.05) is 0 Å². The summed E-state index contributed by atoms with van der Waals surface area (Å²) in [6, 6.07) is 2.72. The molecule has 2 heterocycles. The van der Waals surface area contributed by atoms with Crippen LogP contribution in [0.5, 0.6) is 0 Å². The van der Waals surface area contributed by atoms with Crippen LogP contribution in [0.3, 0.4) is 0 Å². The van der Waals surface area contributed by atoms with Crippen LogP contribution in [-0.2, 0) is 0 Å². The van der Waals surface area contributed by atoms with Crippen molar-refractivity contribution in [2.45, 2.75) is 0 Å². The van der Waals surface area contributed by atoms with Crippen LogP contribution in [0.1, 0.15) is 20.9 Å². The number of hydrogen-bond acceptors (Lipinski definition) is 5. The second kappa shape index (κ2) is 4.05. The van der Waals surface area contributed by atoms with Gasteiger partial charge in [0.05, 0.1) is 11.8 Å². The van der Waals surface area contributed by atoms with Crippen LogP contribution in [-0.4, -0.2) is 32.1 Å². The first kappa shape index (κ1) is 10.8. The van der Waals surface area contributed by atoms with E-state index in [0.717, 1.165) is 12.4 Å². The number of pyridine rings is 1. The number of oxazole rings is 1. The molecule has 0 saturated carbocycles. The molecule has 0 radical (unpaired) electrons. The number of hydrogen-bond donors (Lipinski definition) is 2. The molecule has 0 saturated heterocycles. The predicted octanol–water partition coefficient (Wildman–Crippen LogP) is 1.13. The Balaban J connectivity index is 2.33. The van der Waals surface area contributed by atoms with Crippen LogP contribution in [0.25, 0.3) is 11.6 Å². The number of carboxylic acid groups (broad SMARTS) is 2. The topological polar surface area (TPSA) is 114 Å². The Bertz CT molecular complexity index is 573. The summed E-state index contributed by atoms with van der Waals surface area (Å²) in [5, 5.41) is 17.3. The first-order chi connectivity index (χ1) is 8.08. The predicted molar refractivity (Wildman–Crippen MR) is 53.7 cm³/mol. The fourth-order valence-corrected chi connectivity index (χ4v) is 1.14. The Morgan fingerprint density at radius 2 is 1.82 bits per heavy atom. The van der Waals surface area contributed by atoms with Gasteiger partial charge < -0.3 is 14.6 Å². The molecule has 0 fully saturated rings. The zero-order valence-corrected chi connectivity index (χ0v) is 8.32. The molecule has 0 spiro atoms. The van der Waals surface area contributed by atoms with Gasteiger partial charge in [-0.15, -0.1) is 0 Å². The lowest BCUT2D eigenvalue weighted by atomic mass is 10.2. The van der Waals surface area contributed by atoms with E-state index in [0.29, 0.717) is 0 Å². The standard InChI is InChI=1S/C10H6N2O5/c13-9(14)5-1-2-6(11-3-5)8-12-4-7(17-8)10(15)16/h1-4H,(H,13,14)(H,15,16). The fourth-order valence-electron chi connectivity index (χ4n) is 1.14. The third-order valence-electron chi connectivity index (χ3n) is 1.95. The molecule has 86 valence electrons. The fraction of sp³-hybridized carbons (Fsp3) is 0. The number of aromatic nitrogens is 2. The molecule has 2 N–H and O–H groups in total. The number of carbonyl (C=O) groups is 2. The van der Waals surface area contributed by atoms with Crippen molar-refractivity contribution in [1.29, 1.82) is 0 Å². The van der Waals surface area contributed by atoms with E-state index >= 15 is 0 Å². The molecule has 7 heteroatoms. The molecule has 2 aromatic rings. The van der Waals surface area contributed by atoms with Crippen molar-refractivity contribution in [2.24, 2.45) is 0 Å². The minimum atomic E-state index is -1.23. The van der Waals surface area contributed by atoms with Crippen molar-refractivity contribution < 1.29 is 24.2 Å². The summed E-state index contributed by atoms with van der Waals surface area (Å²) in [6.07, 6.45) is 2.20. The molecular weight excluding hydrogens is 228 g/mol. The van der Waals surface area contributed by atoms with Gasteiger partial charge in [-0.05, 0) is 12.1 Å². The third-order valence-corrected chi connectivity index (χ3v) is 1.95. The van der Waals surface area contributed by atoms with Crippen molar-refractivity contribution in [3.8, 4) is 11.6 Å². The molecule has 0 unspecified atom stereocenters. The summed E-state index contributed by atoms with van der Waals surface area (Å²) >= 11 is 0. The van der Waals surface area contributed by atoms with E-state index in [4.69, 9.17) is 14.6 Å². The Kier molecular flexibility index (Phi) is 2.57. The van der Waals surface area contributed by atoms with E-state index in [-0.39, 0.29) is 22.9 Å². The van der Waals surface area contributed by atoms with Gasteiger partial charge >= 0.3 is 11.9 Å². The molecule has 0 aliphatic rings. The van der Waals surface area contributed by atoms with Crippen LogP contribution < -0.4 is 0 Å². The molecule has 0 bridgehead atoms. The van der Waals surface area contributed by atoms with E-state index in [1.165, 1.54) is 12.1 Å². The van der Waals surface area contributed by atoms with E-state index < -0.39 is 11.9 Å². The number of aromatic carboxylic acids is 2. The van der Waals surface area contributed by atoms with Gasteiger partial charge in [0.1, 0.15) is 5.69 Å². The summed E-state index contributed by atoms with van der Waals surface area (Å²) in [5.41, 5.74) is 0.293. The van der Waals surface area contributed by atoms with Crippen molar-refractivity contribution >= 4 is 11.9 Å². The lowest BCUT2D eigenvalue weighted by molar-refractivity contribution is 0.0660. The average molecular weight is 234 g/mol. The molecule has 0 atom stereocenters. The van der Waals surface area contributed by atoms with Gasteiger partial charge in [-0.3, -0.25) is 4.98 Å². The van der Waals surface area contributed by atoms with E-state index in [1.807, 2.05) is 0 Å². The normalized spacial score (nSPS) is 10.1. The van der Waals surface area contributed by atoms with E-state index in [2.05, 4.69) is 9.97 Å². The van der Waals surface area contributed by atoms with Gasteiger partial charge in [-0.1, -0.05) is 0 Å². The Hall–Kier alpha value is -2.70. The Morgan fingerprint density at radius 3 is 2.29 bits per heavy atom. The summed E-state index contributed by atoms with van der Waals surface area (Å²) in [6.45, 7) is 0. The van der Waals surface area contributed by atoms with Gasteiger partial charge in [0, 0.05) is 6.20 Å². The molecule has 0 aromatic carbocycles. The lowest BCUT2D eigenvalue weighted by Gasteiger charge is -1.95. The number of carboxylic acids is 2. The molecule has 17 heavy (non-hydrogen) atoms. The van der Waals surface area contributed by atoms with Gasteiger partial charge in [-0.2, -0.15) is 0 Å². The Labute approximate surface area is 94.4 Å². The summed E-state index contributed by atoms with van der Waals surface area (Å²) in [4.78, 5) is 28.7. The highest BCUT2D eigenvalue weighted by Gasteiger charge is 2.13. The highest BCUT2D eigenvalue weighted by atomic mass is 16.4. The highest BCUT2D eigenvalue weighted by Crippen LogP contribution is 2.17. The highest BCUT2D eigenvalue weighted by molar-refractivity contribution is 5.87. The maximum absolute atomic E-state index is 10.6. The minimum Gasteiger partial charge on any atom is -0.478 e. The van der Waals surface area contributed by atoms with Gasteiger partial charge in [0.2, 0.25) is 11.7 Å². The molecule has 0 amide bonds. The third kappa shape index (κ3) is 2.12. The zero-order valence-electron chi connectivity index (χ0n) is 8.32. The Morgan fingerprint density at radius 1 is 1.06 bits per heavy atom. The molecule has 0 aliphatic heterocycles. The number of rotatable bonds is 3. The summed E-state index contributed by atoms with van der Waals surface area (Å²) in [7, 11) is 0. The smallest absolute Gasteiger partial charge is 0.373 e. The largest absolute Gasteiger partial charge is 0.478 e. The minimum absolute atomic E-state index is 0.0266. The van der Waals surface area contributed by atoms with E-state index in [9.17, 15) is 9.59 Å². The van der Waals surface area contributed by atoms with Crippen molar-refractivity contribution in [3.63, 3.8) is 0 Å². The monoisotopic (exact) mass is 234 g/mol. The quantitative estimate of drug-likeness (QED) is 0.818. The van der Waals surface area contributed by atoms with Crippen LogP contribution >= 0.6 is 0 Å². The first-order valence-corrected chi connectivity index (χ1v) is 4.47. The summed E-state index contributed by atoms with van der Waals surface area (Å²) in [5.74, 6) is -2.60. The van der Waals surface area contributed by atoms with Crippen LogP contribution in [0.2, 0.25) is 0 Å². The SMILES string of the molecule is O=C(O)c1ccc(-c2ncc(C(=O)O)o2)nc1. The summed E-state index contributed by atoms with van der Waals surface area (Å²) < 4.78 is 4.91. The number of nitrogens with zero attached hydrogens (tertiary/aromatic N) is 2. The van der Waals surface area contributed by atoms with Crippen LogP contribution in [0, 0.1) is 0 Å². The average Bonchev–Trinajstić information content (AvgIpc) is 2.78. The second-order valence-electron chi connectivity index (χ2n) is 3.07. The van der Waals surface area contributed by atoms with Crippen molar-refractivity contribution in [3.05, 3.63) is 35.9 Å². The lowest BCUT2D eigenvalue weighted by Crippen LogP contribution is -1.97. The van der Waals surface area contributed by atoms with Gasteiger partial charge in [0.25, 0.3) is 0 Å².